The predicted octanol–water partition coefficient (Wildman–Crippen LogP) is 2.77. The molecule has 2 N–H and O–H groups in total. The van der Waals surface area contributed by atoms with Crippen LogP contribution in [0.4, 0.5) is 11.6 Å². The summed E-state index contributed by atoms with van der Waals surface area (Å²) in [6.45, 7) is 7.59. The molecule has 20 heavy (non-hydrogen) atoms. The summed E-state index contributed by atoms with van der Waals surface area (Å²) < 4.78 is 5.08. The Morgan fingerprint density at radius 1 is 1.15 bits per heavy atom. The predicted molar refractivity (Wildman–Crippen MR) is 78.8 cm³/mol. The van der Waals surface area contributed by atoms with Crippen molar-refractivity contribution < 1.29 is 4.52 Å². The van der Waals surface area contributed by atoms with Gasteiger partial charge in [-0.05, 0) is 20.3 Å². The zero-order valence-electron chi connectivity index (χ0n) is 12.2. The molecule has 0 spiro atoms. The van der Waals surface area contributed by atoms with Crippen molar-refractivity contribution in [2.75, 3.05) is 17.2 Å². The van der Waals surface area contributed by atoms with Crippen molar-refractivity contribution in [1.29, 1.82) is 0 Å². The largest absolute Gasteiger partial charge is 0.370 e. The van der Waals surface area contributed by atoms with Crippen LogP contribution in [-0.4, -0.2) is 21.7 Å². The fourth-order valence-electron chi connectivity index (χ4n) is 1.91. The third kappa shape index (κ3) is 3.46. The molecule has 2 rings (SSSR count). The molecule has 2 heterocycles. The highest BCUT2D eigenvalue weighted by Crippen LogP contribution is 2.21. The van der Waals surface area contributed by atoms with Crippen molar-refractivity contribution in [3.63, 3.8) is 0 Å². The first-order valence-electron chi connectivity index (χ1n) is 6.99. The molecule has 0 atom stereocenters. The van der Waals surface area contributed by atoms with Crippen LogP contribution in [0.2, 0.25) is 0 Å². The van der Waals surface area contributed by atoms with Gasteiger partial charge in [-0.25, -0.2) is 9.97 Å². The molecule has 0 aliphatic rings. The molecular formula is C14H21N5O. The highest BCUT2D eigenvalue weighted by Gasteiger charge is 2.10. The molecule has 0 aliphatic heterocycles. The third-order valence-electron chi connectivity index (χ3n) is 2.93. The molecule has 108 valence electrons. The normalized spacial score (nSPS) is 10.6. The summed E-state index contributed by atoms with van der Waals surface area (Å²) in [5.74, 6) is 3.38. The van der Waals surface area contributed by atoms with E-state index in [2.05, 4.69) is 39.6 Å². The molecule has 0 amide bonds. The number of anilines is 2. The minimum absolute atomic E-state index is 0.564. The number of nitrogens with one attached hydrogen (secondary N) is 2. The SMILES string of the molecule is CCCc1nc(NCC)c(C)c(NCc2ccno2)n1. The first kappa shape index (κ1) is 14.3. The van der Waals surface area contributed by atoms with Gasteiger partial charge in [-0.2, -0.15) is 0 Å². The van der Waals surface area contributed by atoms with Gasteiger partial charge < -0.3 is 15.2 Å². The molecular weight excluding hydrogens is 254 g/mol. The summed E-state index contributed by atoms with van der Waals surface area (Å²) in [5, 5.41) is 10.3. The van der Waals surface area contributed by atoms with Crippen molar-refractivity contribution >= 4 is 11.6 Å². The molecule has 2 aromatic heterocycles. The van der Waals surface area contributed by atoms with E-state index in [-0.39, 0.29) is 0 Å². The van der Waals surface area contributed by atoms with Crippen molar-refractivity contribution in [1.82, 2.24) is 15.1 Å². The number of hydrogen-bond donors (Lipinski definition) is 2. The number of rotatable bonds is 7. The Hall–Kier alpha value is -2.11. The Bertz CT molecular complexity index is 539. The average molecular weight is 275 g/mol. The first-order valence-corrected chi connectivity index (χ1v) is 6.99. The highest BCUT2D eigenvalue weighted by molar-refractivity contribution is 5.57. The lowest BCUT2D eigenvalue weighted by Gasteiger charge is -2.13. The Morgan fingerprint density at radius 2 is 1.90 bits per heavy atom. The van der Waals surface area contributed by atoms with Crippen LogP contribution in [0.3, 0.4) is 0 Å². The van der Waals surface area contributed by atoms with Crippen LogP contribution in [0.25, 0.3) is 0 Å². The number of aromatic nitrogens is 3. The van der Waals surface area contributed by atoms with Crippen LogP contribution in [0, 0.1) is 6.92 Å². The molecule has 6 nitrogen and oxygen atoms in total. The van der Waals surface area contributed by atoms with Crippen LogP contribution >= 0.6 is 0 Å². The Balaban J connectivity index is 2.20. The van der Waals surface area contributed by atoms with E-state index in [1.807, 2.05) is 13.0 Å². The van der Waals surface area contributed by atoms with Crippen molar-refractivity contribution in [2.24, 2.45) is 0 Å². The smallest absolute Gasteiger partial charge is 0.155 e. The first-order chi connectivity index (χ1) is 9.74. The number of hydrogen-bond acceptors (Lipinski definition) is 6. The van der Waals surface area contributed by atoms with E-state index >= 15 is 0 Å². The van der Waals surface area contributed by atoms with Gasteiger partial charge in [-0.1, -0.05) is 12.1 Å². The van der Waals surface area contributed by atoms with Gasteiger partial charge in [0, 0.05) is 24.6 Å². The third-order valence-corrected chi connectivity index (χ3v) is 2.93. The molecule has 6 heteroatoms. The highest BCUT2D eigenvalue weighted by atomic mass is 16.5. The summed E-state index contributed by atoms with van der Waals surface area (Å²) in [6.07, 6.45) is 3.53. The Kier molecular flexibility index (Phi) is 4.92. The zero-order valence-corrected chi connectivity index (χ0v) is 12.2. The standard InChI is InChI=1S/C14H21N5O/c1-4-6-12-18-13(15-5-2)10(3)14(19-12)16-9-11-7-8-17-20-11/h7-8H,4-6,9H2,1-3H3,(H2,15,16,18,19). The molecule has 0 radical (unpaired) electrons. The van der Waals surface area contributed by atoms with Crippen LogP contribution in [0.5, 0.6) is 0 Å². The molecule has 0 fully saturated rings. The quantitative estimate of drug-likeness (QED) is 0.809. The molecule has 0 bridgehead atoms. The lowest BCUT2D eigenvalue weighted by molar-refractivity contribution is 0.388. The van der Waals surface area contributed by atoms with Gasteiger partial charge in [0.1, 0.15) is 17.5 Å². The summed E-state index contributed by atoms with van der Waals surface area (Å²) in [4.78, 5) is 9.14. The number of aryl methyl sites for hydroxylation is 1. The van der Waals surface area contributed by atoms with Crippen LogP contribution in [0.1, 0.15) is 37.4 Å². The van der Waals surface area contributed by atoms with E-state index in [4.69, 9.17) is 4.52 Å². The second-order valence-electron chi connectivity index (χ2n) is 4.57. The lowest BCUT2D eigenvalue weighted by atomic mass is 10.2. The monoisotopic (exact) mass is 275 g/mol. The van der Waals surface area contributed by atoms with E-state index in [0.29, 0.717) is 6.54 Å². The zero-order chi connectivity index (χ0) is 14.4. The Morgan fingerprint density at radius 3 is 2.50 bits per heavy atom. The second-order valence-corrected chi connectivity index (χ2v) is 4.57. The van der Waals surface area contributed by atoms with Gasteiger partial charge in [-0.15, -0.1) is 0 Å². The van der Waals surface area contributed by atoms with Gasteiger partial charge in [0.15, 0.2) is 5.76 Å². The molecule has 2 aromatic rings. The fraction of sp³-hybridized carbons (Fsp3) is 0.500. The molecule has 0 saturated carbocycles. The number of nitrogens with zero attached hydrogens (tertiary/aromatic N) is 3. The van der Waals surface area contributed by atoms with Crippen LogP contribution in [-0.2, 0) is 13.0 Å². The summed E-state index contributed by atoms with van der Waals surface area (Å²) >= 11 is 0. The summed E-state index contributed by atoms with van der Waals surface area (Å²) in [5.41, 5.74) is 1.02. The molecule has 0 aromatic carbocycles. The summed E-state index contributed by atoms with van der Waals surface area (Å²) in [7, 11) is 0. The van der Waals surface area contributed by atoms with Crippen molar-refractivity contribution in [2.45, 2.75) is 40.2 Å². The maximum atomic E-state index is 5.08. The van der Waals surface area contributed by atoms with Crippen LogP contribution < -0.4 is 10.6 Å². The molecule has 0 aliphatic carbocycles. The molecule has 0 unspecified atom stereocenters. The minimum atomic E-state index is 0.564. The van der Waals surface area contributed by atoms with Crippen molar-refractivity contribution in [3.8, 4) is 0 Å². The van der Waals surface area contributed by atoms with E-state index in [0.717, 1.165) is 48.2 Å². The maximum absolute atomic E-state index is 5.08. The average Bonchev–Trinajstić information content (AvgIpc) is 2.94. The Labute approximate surface area is 119 Å². The minimum Gasteiger partial charge on any atom is -0.370 e. The lowest BCUT2D eigenvalue weighted by Crippen LogP contribution is -2.11. The maximum Gasteiger partial charge on any atom is 0.155 e. The van der Waals surface area contributed by atoms with Gasteiger partial charge in [0.25, 0.3) is 0 Å². The van der Waals surface area contributed by atoms with Gasteiger partial charge in [-0.3, -0.25) is 0 Å². The van der Waals surface area contributed by atoms with Gasteiger partial charge >= 0.3 is 0 Å². The van der Waals surface area contributed by atoms with Gasteiger partial charge in [0.05, 0.1) is 12.7 Å². The van der Waals surface area contributed by atoms with Crippen molar-refractivity contribution in [3.05, 3.63) is 29.4 Å². The van der Waals surface area contributed by atoms with E-state index in [1.54, 1.807) is 6.20 Å². The van der Waals surface area contributed by atoms with Gasteiger partial charge in [0.2, 0.25) is 0 Å². The summed E-state index contributed by atoms with van der Waals surface area (Å²) in [6, 6.07) is 1.84. The van der Waals surface area contributed by atoms with E-state index in [1.165, 1.54) is 0 Å². The second kappa shape index (κ2) is 6.88. The van der Waals surface area contributed by atoms with E-state index in [9.17, 15) is 0 Å². The van der Waals surface area contributed by atoms with E-state index < -0.39 is 0 Å². The topological polar surface area (TPSA) is 75.9 Å². The van der Waals surface area contributed by atoms with Crippen LogP contribution in [0.15, 0.2) is 16.8 Å². The fourth-order valence-corrected chi connectivity index (χ4v) is 1.91. The molecule has 0 saturated heterocycles.